The number of likely N-dealkylation sites (tertiary alicyclic amines) is 1. The normalized spacial score (nSPS) is 24.9. The number of hydrogen-bond acceptors (Lipinski definition) is 5. The summed E-state index contributed by atoms with van der Waals surface area (Å²) in [6.45, 7) is 4.28. The van der Waals surface area contributed by atoms with Gasteiger partial charge >= 0.3 is 0 Å². The fourth-order valence-electron chi connectivity index (χ4n) is 3.48. The number of rotatable bonds is 4. The van der Waals surface area contributed by atoms with Crippen molar-refractivity contribution >= 4 is 40.1 Å². The van der Waals surface area contributed by atoms with E-state index in [0.29, 0.717) is 37.8 Å². The van der Waals surface area contributed by atoms with Crippen molar-refractivity contribution in [1.29, 1.82) is 0 Å². The van der Waals surface area contributed by atoms with Crippen LogP contribution in [0.3, 0.4) is 0 Å². The largest absolute Gasteiger partial charge is 0.356 e. The molecule has 2 saturated heterocycles. The van der Waals surface area contributed by atoms with Crippen LogP contribution in [0.25, 0.3) is 0 Å². The molecule has 1 amide bonds. The van der Waals surface area contributed by atoms with Crippen LogP contribution in [-0.2, 0) is 10.0 Å². The van der Waals surface area contributed by atoms with E-state index in [2.05, 4.69) is 11.9 Å². The highest BCUT2D eigenvalue weighted by Gasteiger charge is 2.32. The van der Waals surface area contributed by atoms with Crippen molar-refractivity contribution < 1.29 is 13.2 Å². The second-order valence-corrected chi connectivity index (χ2v) is 9.95. The SMILES string of the molecule is CC1CCN(C(=O)c2cc(S(=O)(=O)N3CCSCC3)c[nH]2)C(CN)C1.Cl. The van der Waals surface area contributed by atoms with Gasteiger partial charge in [-0.2, -0.15) is 16.1 Å². The smallest absolute Gasteiger partial charge is 0.270 e. The summed E-state index contributed by atoms with van der Waals surface area (Å²) in [5.41, 5.74) is 6.15. The third kappa shape index (κ3) is 4.39. The first kappa shape index (κ1) is 21.6. The highest BCUT2D eigenvalue weighted by Crippen LogP contribution is 2.25. The molecule has 148 valence electrons. The number of hydrogen-bond donors (Lipinski definition) is 2. The number of thioether (sulfide) groups is 1. The average molecular weight is 423 g/mol. The third-order valence-corrected chi connectivity index (χ3v) is 7.82. The maximum atomic E-state index is 12.8. The van der Waals surface area contributed by atoms with Gasteiger partial charge in [-0.05, 0) is 24.8 Å². The number of aromatic amines is 1. The number of aromatic nitrogens is 1. The minimum absolute atomic E-state index is 0. The first-order chi connectivity index (χ1) is 11.9. The molecule has 0 spiro atoms. The van der Waals surface area contributed by atoms with Crippen molar-refractivity contribution in [1.82, 2.24) is 14.2 Å². The van der Waals surface area contributed by atoms with Crippen molar-refractivity contribution in [3.05, 3.63) is 18.0 Å². The van der Waals surface area contributed by atoms with Crippen LogP contribution in [0.5, 0.6) is 0 Å². The lowest BCUT2D eigenvalue weighted by atomic mass is 9.92. The van der Waals surface area contributed by atoms with E-state index in [0.717, 1.165) is 24.3 Å². The Kier molecular flexibility index (Phi) is 7.43. The van der Waals surface area contributed by atoms with Crippen LogP contribution in [0.1, 0.15) is 30.3 Å². The van der Waals surface area contributed by atoms with Crippen LogP contribution >= 0.6 is 24.2 Å². The van der Waals surface area contributed by atoms with E-state index in [-0.39, 0.29) is 29.3 Å². The van der Waals surface area contributed by atoms with Gasteiger partial charge in [0.25, 0.3) is 5.91 Å². The zero-order valence-corrected chi connectivity index (χ0v) is 17.3. The molecule has 3 heterocycles. The van der Waals surface area contributed by atoms with Gasteiger partial charge in [-0.3, -0.25) is 4.79 Å². The molecular weight excluding hydrogens is 396 g/mol. The van der Waals surface area contributed by atoms with E-state index in [1.165, 1.54) is 16.6 Å². The number of nitrogens with one attached hydrogen (secondary N) is 1. The van der Waals surface area contributed by atoms with E-state index in [9.17, 15) is 13.2 Å². The van der Waals surface area contributed by atoms with Crippen LogP contribution in [-0.4, -0.2) is 72.2 Å². The molecule has 1 aromatic heterocycles. The summed E-state index contributed by atoms with van der Waals surface area (Å²) in [5, 5.41) is 0. The van der Waals surface area contributed by atoms with Gasteiger partial charge in [-0.1, -0.05) is 6.92 Å². The number of amides is 1. The monoisotopic (exact) mass is 422 g/mol. The summed E-state index contributed by atoms with van der Waals surface area (Å²) in [4.78, 5) is 17.6. The molecular formula is C16H27ClN4O3S2. The first-order valence-electron chi connectivity index (χ1n) is 8.71. The molecule has 2 atom stereocenters. The molecule has 0 saturated carbocycles. The summed E-state index contributed by atoms with van der Waals surface area (Å²) >= 11 is 1.76. The van der Waals surface area contributed by atoms with Gasteiger partial charge in [0.1, 0.15) is 10.6 Å². The number of piperidine rings is 1. The first-order valence-corrected chi connectivity index (χ1v) is 11.3. The van der Waals surface area contributed by atoms with E-state index in [1.807, 2.05) is 0 Å². The fourth-order valence-corrected chi connectivity index (χ4v) is 6.05. The highest BCUT2D eigenvalue weighted by atomic mass is 35.5. The average Bonchev–Trinajstić information content (AvgIpc) is 3.12. The Morgan fingerprint density at radius 2 is 2.04 bits per heavy atom. The Morgan fingerprint density at radius 3 is 2.69 bits per heavy atom. The summed E-state index contributed by atoms with van der Waals surface area (Å²) in [5.74, 6) is 1.99. The van der Waals surface area contributed by atoms with Crippen molar-refractivity contribution in [3.63, 3.8) is 0 Å². The van der Waals surface area contributed by atoms with Gasteiger partial charge in [0.05, 0.1) is 0 Å². The molecule has 26 heavy (non-hydrogen) atoms. The van der Waals surface area contributed by atoms with Crippen molar-refractivity contribution in [3.8, 4) is 0 Å². The number of H-pyrrole nitrogens is 1. The molecule has 7 nitrogen and oxygen atoms in total. The van der Waals surface area contributed by atoms with Gasteiger partial charge < -0.3 is 15.6 Å². The quantitative estimate of drug-likeness (QED) is 0.763. The molecule has 0 aliphatic carbocycles. The molecule has 2 fully saturated rings. The third-order valence-electron chi connectivity index (χ3n) is 5.01. The van der Waals surface area contributed by atoms with E-state index < -0.39 is 10.0 Å². The van der Waals surface area contributed by atoms with Gasteiger partial charge in [0.15, 0.2) is 0 Å². The Hall–Kier alpha value is -0.740. The Bertz CT molecular complexity index is 719. The predicted molar refractivity (Wildman–Crippen MR) is 106 cm³/mol. The number of carbonyl (C=O) groups is 1. The molecule has 3 N–H and O–H groups in total. The zero-order chi connectivity index (χ0) is 18.0. The lowest BCUT2D eigenvalue weighted by molar-refractivity contribution is 0.0568. The number of sulfonamides is 1. The lowest BCUT2D eigenvalue weighted by Gasteiger charge is -2.37. The standard InChI is InChI=1S/C16H26N4O3S2.ClH/c1-12-2-3-20(13(8-12)10-17)16(21)15-9-14(11-18-15)25(22,23)19-4-6-24-7-5-19;/h9,11-13,18H,2-8,10,17H2,1H3;1H. The minimum Gasteiger partial charge on any atom is -0.356 e. The molecule has 3 rings (SSSR count). The summed E-state index contributed by atoms with van der Waals surface area (Å²) < 4.78 is 26.9. The van der Waals surface area contributed by atoms with E-state index in [4.69, 9.17) is 5.73 Å². The van der Waals surface area contributed by atoms with Gasteiger partial charge in [-0.15, -0.1) is 12.4 Å². The molecule has 10 heteroatoms. The number of halogens is 1. The molecule has 2 aliphatic rings. The fraction of sp³-hybridized carbons (Fsp3) is 0.688. The van der Waals surface area contributed by atoms with Crippen LogP contribution in [0, 0.1) is 5.92 Å². The second kappa shape index (κ2) is 8.97. The second-order valence-electron chi connectivity index (χ2n) is 6.78. The Balaban J connectivity index is 0.00000243. The maximum Gasteiger partial charge on any atom is 0.270 e. The predicted octanol–water partition coefficient (Wildman–Crippen LogP) is 1.37. The molecule has 0 bridgehead atoms. The van der Waals surface area contributed by atoms with Crippen LogP contribution in [0.2, 0.25) is 0 Å². The van der Waals surface area contributed by atoms with Crippen LogP contribution in [0.4, 0.5) is 0 Å². The summed E-state index contributed by atoms with van der Waals surface area (Å²) in [6, 6.07) is 1.48. The maximum absolute atomic E-state index is 12.8. The highest BCUT2D eigenvalue weighted by molar-refractivity contribution is 7.99. The Morgan fingerprint density at radius 1 is 1.35 bits per heavy atom. The van der Waals surface area contributed by atoms with Crippen LogP contribution in [0.15, 0.2) is 17.2 Å². The number of carbonyl (C=O) groups excluding carboxylic acids is 1. The van der Waals surface area contributed by atoms with Crippen molar-refractivity contribution in [2.24, 2.45) is 11.7 Å². The van der Waals surface area contributed by atoms with Gasteiger partial charge in [-0.25, -0.2) is 8.42 Å². The number of nitrogens with two attached hydrogens (primary N) is 1. The van der Waals surface area contributed by atoms with Crippen LogP contribution < -0.4 is 5.73 Å². The molecule has 0 aromatic carbocycles. The number of nitrogens with zero attached hydrogens (tertiary/aromatic N) is 2. The van der Waals surface area contributed by atoms with E-state index in [1.54, 1.807) is 16.7 Å². The molecule has 2 aliphatic heterocycles. The lowest BCUT2D eigenvalue weighted by Crippen LogP contribution is -2.49. The zero-order valence-electron chi connectivity index (χ0n) is 14.9. The topological polar surface area (TPSA) is 99.5 Å². The van der Waals surface area contributed by atoms with E-state index >= 15 is 0 Å². The summed E-state index contributed by atoms with van der Waals surface area (Å²) in [7, 11) is -3.54. The van der Waals surface area contributed by atoms with Crippen molar-refractivity contribution in [2.45, 2.75) is 30.7 Å². The summed E-state index contributed by atoms with van der Waals surface area (Å²) in [6.07, 6.45) is 3.26. The van der Waals surface area contributed by atoms with Gasteiger partial charge in [0.2, 0.25) is 10.0 Å². The van der Waals surface area contributed by atoms with Crippen molar-refractivity contribution in [2.75, 3.05) is 37.7 Å². The molecule has 2 unspecified atom stereocenters. The van der Waals surface area contributed by atoms with Gasteiger partial charge in [0, 0.05) is 49.9 Å². The molecule has 1 aromatic rings. The molecule has 0 radical (unpaired) electrons. The Labute approximate surface area is 165 Å². The minimum atomic E-state index is -3.54.